The summed E-state index contributed by atoms with van der Waals surface area (Å²) in [5.41, 5.74) is 2.83. The minimum Gasteiger partial charge on any atom is -0.387 e. The van der Waals surface area contributed by atoms with E-state index in [0.29, 0.717) is 16.8 Å². The van der Waals surface area contributed by atoms with Gasteiger partial charge in [0.25, 0.3) is 0 Å². The number of aromatic amines is 1. The largest absolute Gasteiger partial charge is 0.387 e. The highest BCUT2D eigenvalue weighted by molar-refractivity contribution is 5.92. The average Bonchev–Trinajstić information content (AvgIpc) is 3.00. The van der Waals surface area contributed by atoms with Crippen molar-refractivity contribution >= 4 is 16.8 Å². The van der Waals surface area contributed by atoms with Gasteiger partial charge in [0.1, 0.15) is 24.1 Å². The average molecular weight is 390 g/mol. The Hall–Kier alpha value is -2.80. The highest BCUT2D eigenvalue weighted by Crippen LogP contribution is 2.45. The Morgan fingerprint density at radius 1 is 1.14 bits per heavy atom. The van der Waals surface area contributed by atoms with Crippen molar-refractivity contribution in [2.75, 3.05) is 13.7 Å². The number of H-pyrrole nitrogens is 1. The molecule has 28 heavy (non-hydrogen) atoms. The van der Waals surface area contributed by atoms with E-state index < -0.39 is 18.2 Å². The maximum atomic E-state index is 14.1. The summed E-state index contributed by atoms with van der Waals surface area (Å²) in [6.45, 7) is -0.420. The van der Waals surface area contributed by atoms with Gasteiger partial charge in [0.05, 0.1) is 11.2 Å². The number of amides is 1. The van der Waals surface area contributed by atoms with E-state index in [4.69, 9.17) is 5.11 Å². The Kier molecular flexibility index (Phi) is 6.04. The van der Waals surface area contributed by atoms with Crippen molar-refractivity contribution in [2.24, 2.45) is 0 Å². The first-order chi connectivity index (χ1) is 13.4. The number of likely N-dealkylation sites (N-methyl/N-ethyl adjacent to an activating group) is 1. The summed E-state index contributed by atoms with van der Waals surface area (Å²) in [4.78, 5) is 12.9. The number of carbonyl (C=O) groups excluding carboxylic acids is 1. The fraction of sp³-hybridized carbons (Fsp3) is 0.286. The molecule has 4 rings (SSSR count). The molecule has 7 heteroatoms. The minimum absolute atomic E-state index is 0.301. The number of carbonyl (C=O) groups is 1. The van der Waals surface area contributed by atoms with Crippen LogP contribution in [-0.4, -0.2) is 29.7 Å². The van der Waals surface area contributed by atoms with Gasteiger partial charge in [-0.3, -0.25) is 4.79 Å². The van der Waals surface area contributed by atoms with Crippen molar-refractivity contribution in [1.29, 1.82) is 0 Å². The number of rotatable bonds is 3. The van der Waals surface area contributed by atoms with E-state index in [0.717, 1.165) is 42.1 Å². The Bertz CT molecular complexity index is 973. The van der Waals surface area contributed by atoms with E-state index in [2.05, 4.69) is 10.3 Å². The van der Waals surface area contributed by atoms with Gasteiger partial charge in [-0.15, -0.1) is 0 Å². The van der Waals surface area contributed by atoms with E-state index >= 15 is 0 Å². The van der Waals surface area contributed by atoms with Gasteiger partial charge in [0.2, 0.25) is 5.91 Å². The van der Waals surface area contributed by atoms with Gasteiger partial charge in [0, 0.05) is 18.5 Å². The molecule has 1 aromatic heterocycles. The lowest BCUT2D eigenvalue weighted by atomic mass is 9.78. The van der Waals surface area contributed by atoms with Crippen LogP contribution in [0, 0.1) is 17.5 Å². The molecule has 148 valence electrons. The lowest BCUT2D eigenvalue weighted by Crippen LogP contribution is -2.20. The molecule has 1 fully saturated rings. The molecule has 0 spiro atoms. The van der Waals surface area contributed by atoms with Crippen LogP contribution in [-0.2, 0) is 4.79 Å². The lowest BCUT2D eigenvalue weighted by molar-refractivity contribution is -0.123. The van der Waals surface area contributed by atoms with Crippen molar-refractivity contribution in [3.8, 4) is 11.3 Å². The summed E-state index contributed by atoms with van der Waals surface area (Å²) in [7, 11) is 1.47. The van der Waals surface area contributed by atoms with Gasteiger partial charge in [-0.25, -0.2) is 13.2 Å². The summed E-state index contributed by atoms with van der Waals surface area (Å²) in [6, 6.07) is 8.35. The van der Waals surface area contributed by atoms with Crippen molar-refractivity contribution in [3.63, 3.8) is 0 Å². The predicted molar refractivity (Wildman–Crippen MR) is 101 cm³/mol. The molecule has 3 aromatic rings. The maximum Gasteiger partial charge on any atom is 0.245 e. The molecule has 2 aromatic carbocycles. The quantitative estimate of drug-likeness (QED) is 0.626. The molecule has 3 N–H and O–H groups in total. The van der Waals surface area contributed by atoms with Crippen LogP contribution in [0.3, 0.4) is 0 Å². The third-order valence-electron chi connectivity index (χ3n) is 4.93. The molecule has 0 bridgehead atoms. The summed E-state index contributed by atoms with van der Waals surface area (Å²) < 4.78 is 40.8. The van der Waals surface area contributed by atoms with Gasteiger partial charge in [-0.05, 0) is 60.2 Å². The number of nitrogens with one attached hydrogen (secondary N) is 2. The number of fused-ring (bicyclic) bond motifs is 1. The zero-order chi connectivity index (χ0) is 20.3. The molecule has 0 aliphatic heterocycles. The molecule has 0 saturated heterocycles. The first-order valence-corrected chi connectivity index (χ1v) is 9.02. The van der Waals surface area contributed by atoms with Crippen molar-refractivity contribution in [2.45, 2.75) is 25.2 Å². The standard InChI is InChI=1S/C18H14F3N.C3H7NO2/c19-12-6-4-11(5-7-12)17-16(10-2-1-3-10)14-8-13(20)9-15(21)18(14)22-17;1-4-3(6)2-5/h4-10,22H,1-3H2;5H,2H2,1H3,(H,4,6). The Labute approximate surface area is 160 Å². The summed E-state index contributed by atoms with van der Waals surface area (Å²) in [5, 5.41) is 10.7. The topological polar surface area (TPSA) is 65.1 Å². The minimum atomic E-state index is -0.594. The van der Waals surface area contributed by atoms with Crippen LogP contribution in [0.2, 0.25) is 0 Å². The maximum absolute atomic E-state index is 14.1. The van der Waals surface area contributed by atoms with Crippen LogP contribution in [0.5, 0.6) is 0 Å². The Morgan fingerprint density at radius 2 is 1.82 bits per heavy atom. The number of aromatic nitrogens is 1. The number of hydrogen-bond acceptors (Lipinski definition) is 2. The first-order valence-electron chi connectivity index (χ1n) is 9.02. The molecule has 4 nitrogen and oxygen atoms in total. The smallest absolute Gasteiger partial charge is 0.245 e. The van der Waals surface area contributed by atoms with E-state index in [9.17, 15) is 18.0 Å². The summed E-state index contributed by atoms with van der Waals surface area (Å²) >= 11 is 0. The second-order valence-corrected chi connectivity index (χ2v) is 6.69. The highest BCUT2D eigenvalue weighted by Gasteiger charge is 2.27. The van der Waals surface area contributed by atoms with E-state index in [1.807, 2.05) is 0 Å². The molecule has 0 unspecified atom stereocenters. The summed E-state index contributed by atoms with van der Waals surface area (Å²) in [6.07, 6.45) is 3.15. The van der Waals surface area contributed by atoms with Gasteiger partial charge >= 0.3 is 0 Å². The zero-order valence-corrected chi connectivity index (χ0v) is 15.4. The van der Waals surface area contributed by atoms with Crippen LogP contribution >= 0.6 is 0 Å². The monoisotopic (exact) mass is 390 g/mol. The van der Waals surface area contributed by atoms with Crippen LogP contribution in [0.4, 0.5) is 13.2 Å². The summed E-state index contributed by atoms with van der Waals surface area (Å²) in [5.74, 6) is -1.54. The second kappa shape index (κ2) is 8.48. The molecule has 1 saturated carbocycles. The fourth-order valence-corrected chi connectivity index (χ4v) is 3.28. The van der Waals surface area contributed by atoms with E-state index in [-0.39, 0.29) is 11.7 Å². The lowest BCUT2D eigenvalue weighted by Gasteiger charge is -2.26. The van der Waals surface area contributed by atoms with Crippen LogP contribution in [0.15, 0.2) is 36.4 Å². The highest BCUT2D eigenvalue weighted by atomic mass is 19.1. The number of hydrogen-bond donors (Lipinski definition) is 3. The number of aliphatic hydroxyl groups is 1. The Morgan fingerprint density at radius 3 is 2.32 bits per heavy atom. The molecule has 0 atom stereocenters. The number of aliphatic hydroxyl groups excluding tert-OH is 1. The Balaban J connectivity index is 0.000000330. The molecule has 1 amide bonds. The van der Waals surface area contributed by atoms with Gasteiger partial charge < -0.3 is 15.4 Å². The SMILES string of the molecule is CNC(=O)CO.Fc1ccc(-c2[nH]c3c(F)cc(F)cc3c2C2CCC2)cc1. The van der Waals surface area contributed by atoms with E-state index in [1.165, 1.54) is 25.2 Å². The fourth-order valence-electron chi connectivity index (χ4n) is 3.28. The zero-order valence-electron chi connectivity index (χ0n) is 15.4. The van der Waals surface area contributed by atoms with Crippen molar-refractivity contribution in [3.05, 3.63) is 59.4 Å². The van der Waals surface area contributed by atoms with E-state index in [1.54, 1.807) is 12.1 Å². The third-order valence-corrected chi connectivity index (χ3v) is 4.93. The van der Waals surface area contributed by atoms with Gasteiger partial charge in [-0.2, -0.15) is 0 Å². The number of halogens is 3. The molecular formula is C21H21F3N2O2. The van der Waals surface area contributed by atoms with Crippen LogP contribution in [0.1, 0.15) is 30.7 Å². The van der Waals surface area contributed by atoms with Crippen LogP contribution < -0.4 is 5.32 Å². The van der Waals surface area contributed by atoms with Gasteiger partial charge in [0.15, 0.2) is 0 Å². The van der Waals surface area contributed by atoms with Crippen LogP contribution in [0.25, 0.3) is 22.2 Å². The first kappa shape index (κ1) is 19.9. The van der Waals surface area contributed by atoms with Crippen molar-refractivity contribution < 1.29 is 23.1 Å². The molecular weight excluding hydrogens is 369 g/mol. The predicted octanol–water partition coefficient (Wildman–Crippen LogP) is 4.24. The van der Waals surface area contributed by atoms with Gasteiger partial charge in [-0.1, -0.05) is 6.42 Å². The second-order valence-electron chi connectivity index (χ2n) is 6.69. The molecule has 1 heterocycles. The normalized spacial score (nSPS) is 13.6. The third kappa shape index (κ3) is 4.04. The molecule has 0 radical (unpaired) electrons. The van der Waals surface area contributed by atoms with Crippen molar-refractivity contribution in [1.82, 2.24) is 10.3 Å². The molecule has 1 aliphatic rings. The molecule has 1 aliphatic carbocycles. The number of benzene rings is 2.